The second kappa shape index (κ2) is 48.5. The zero-order valence-electron chi connectivity index (χ0n) is 70.1. The van der Waals surface area contributed by atoms with E-state index >= 15 is 0 Å². The van der Waals surface area contributed by atoms with Gasteiger partial charge >= 0.3 is 0 Å². The number of nitrogens with two attached hydrogens (primary N) is 2. The van der Waals surface area contributed by atoms with Crippen LogP contribution in [-0.4, -0.2) is 127 Å². The Balaban J connectivity index is -0.000000203. The average molecular weight is 1550 g/mol. The minimum Gasteiger partial charge on any atom is -0.506 e. The van der Waals surface area contributed by atoms with Gasteiger partial charge in [-0.25, -0.2) is 18.9 Å². The molecular weight excluding hydrogens is 1410 g/mol. The van der Waals surface area contributed by atoms with E-state index in [1.54, 1.807) is 90.5 Å². The van der Waals surface area contributed by atoms with Crippen LogP contribution in [0.4, 0.5) is 22.2 Å². The van der Waals surface area contributed by atoms with Gasteiger partial charge in [-0.3, -0.25) is 48.4 Å². The van der Waals surface area contributed by atoms with E-state index in [1.165, 1.54) is 43.1 Å². The number of hydrogen-bond donors (Lipinski definition) is 13. The number of aliphatic hydroxyl groups is 1. The highest BCUT2D eigenvalue weighted by atomic mass is 32.2. The van der Waals surface area contributed by atoms with E-state index in [0.717, 1.165) is 0 Å². The maximum atomic E-state index is 11.6. The van der Waals surface area contributed by atoms with Crippen LogP contribution < -0.4 is 37.8 Å². The van der Waals surface area contributed by atoms with Crippen LogP contribution in [0.25, 0.3) is 0 Å². The summed E-state index contributed by atoms with van der Waals surface area (Å²) in [5.74, 6) is 1.07. The number of Topliss-reactive ketones (excluding diaryl/α,β-unsaturated/α-hetero) is 5. The molecule has 0 aliphatic carbocycles. The molecule has 29 heteroatoms. The van der Waals surface area contributed by atoms with Crippen molar-refractivity contribution in [2.45, 2.75) is 260 Å². The van der Waals surface area contributed by atoms with E-state index in [2.05, 4.69) is 38.7 Å². The number of nitrogens with one attached hydrogen (secondary N) is 5. The summed E-state index contributed by atoms with van der Waals surface area (Å²) in [5.41, 5.74) is 11.2. The van der Waals surface area contributed by atoms with Crippen molar-refractivity contribution in [3.05, 3.63) is 60.1 Å². The lowest BCUT2D eigenvalue weighted by Gasteiger charge is -2.18. The van der Waals surface area contributed by atoms with Crippen LogP contribution in [-0.2, 0) is 57.9 Å². The number of epoxide rings is 1. The largest absolute Gasteiger partial charge is 0.506 e. The second-order valence-electron chi connectivity index (χ2n) is 35.1. The molecule has 1 atom stereocenters. The number of hydrogen-bond acceptors (Lipinski definition) is 22. The zero-order chi connectivity index (χ0) is 85.5. The minimum absolute atomic E-state index is 0.00236. The average Bonchev–Trinajstić information content (AvgIpc) is 1.79. The molecule has 14 N–H and O–H groups in total. The number of carbonyl (C=O) groups is 9. The van der Waals surface area contributed by atoms with E-state index < -0.39 is 31.0 Å². The first kappa shape index (κ1) is 112. The number of thiol groups is 1. The third-order valence-electron chi connectivity index (χ3n) is 13.2. The lowest BCUT2D eigenvalue weighted by molar-refractivity contribution is -0.137. The summed E-state index contributed by atoms with van der Waals surface area (Å²) in [6.45, 7) is 64.1. The number of carbonyl (C=O) groups excluding carboxylic acids is 9. The quantitative estimate of drug-likeness (QED) is 0.0115. The highest BCUT2D eigenvalue weighted by Crippen LogP contribution is 2.27. The van der Waals surface area contributed by atoms with Crippen molar-refractivity contribution in [1.29, 1.82) is 0 Å². The van der Waals surface area contributed by atoms with E-state index in [1.807, 2.05) is 191 Å². The molecule has 3 aromatic rings. The van der Waals surface area contributed by atoms with Gasteiger partial charge in [-0.2, -0.15) is 12.6 Å². The molecule has 4 amide bonds. The minimum atomic E-state index is -3.53. The molecule has 2 aromatic carbocycles. The second-order valence-corrected chi connectivity index (χ2v) is 38.7. The summed E-state index contributed by atoms with van der Waals surface area (Å²) < 4.78 is 25.2. The van der Waals surface area contributed by atoms with Crippen LogP contribution in [0.3, 0.4) is 0 Å². The van der Waals surface area contributed by atoms with Crippen molar-refractivity contribution in [1.82, 2.24) is 15.3 Å². The Morgan fingerprint density at radius 2 is 0.905 bits per heavy atom. The van der Waals surface area contributed by atoms with Gasteiger partial charge in [-0.1, -0.05) is 249 Å². The molecular formula is C76H139N9O17S3. The molecule has 26 nitrogen and oxygen atoms in total. The first-order valence-corrected chi connectivity index (χ1v) is 37.0. The van der Waals surface area contributed by atoms with Gasteiger partial charge in [0.05, 0.1) is 28.4 Å². The summed E-state index contributed by atoms with van der Waals surface area (Å²) >= 11 is 5.28. The van der Waals surface area contributed by atoms with Gasteiger partial charge in [0.15, 0.2) is 16.7 Å². The number of phenols is 1. The monoisotopic (exact) mass is 1550 g/mol. The van der Waals surface area contributed by atoms with Gasteiger partial charge in [0.1, 0.15) is 41.6 Å². The van der Waals surface area contributed by atoms with Crippen LogP contribution in [0.1, 0.15) is 249 Å². The van der Waals surface area contributed by atoms with Gasteiger partial charge in [-0.05, 0) is 52.0 Å². The standard InChI is InChI=1S/C11H16N2O.C11H15NO2.C8H12N2OS.C7H12O2.C7H14O.C6H12O2.C6H12OS.C6H12O.C5H12N2O.C5H11NO2.C4H11NO3S/c1-11(2,3)10(14)13-9-7-5-4-6-8(9)12;1-11(2,3)10(14)12-8-6-4-5-7-9(8)13;1-8(2,3)6(11)10-7-9-4-5-12-7;1-7(2,3)6(8)5-4-9-5;1-5-6(8)7(2,3)4;1-6(2,3)5(8)4-7;1-6(2,3)5(7)4-8;1-5(7)6(2,3)4;1-5(2,3)4(6)7-8;1-5(2,3)4(7)6-8;1-4(2,3)9(7,8)5-6/h4-7H,12H2,1-3H3,(H,13,14);4-7,13H,1-3H3,(H,12,14);4-5H,1-3H3,(H,9,10,11);5H,4H2,1-3H3;5H2,1-4H3;7H,4H2,1-3H3;8H,4H2,1-3H3;1-4H3;8H,1-3H3,(H2,6,7);8H,1-3H3,(H,6,7);5-6H,1-3H3. The molecule has 1 saturated heterocycles. The number of phenolic OH excluding ortho intramolecular Hbond substituents is 1. The maximum Gasteiger partial charge on any atom is 0.248 e. The number of oxime groups is 1. The lowest BCUT2D eigenvalue weighted by Crippen LogP contribution is -2.37. The van der Waals surface area contributed by atoms with Crippen LogP contribution in [0.15, 0.2) is 65.3 Å². The molecule has 0 radical (unpaired) electrons. The Hall–Kier alpha value is -6.73. The number of anilines is 4. The van der Waals surface area contributed by atoms with Crippen molar-refractivity contribution in [2.24, 2.45) is 65.0 Å². The number of aliphatic hydroxyl groups excluding tert-OH is 1. The summed E-state index contributed by atoms with van der Waals surface area (Å²) in [4.78, 5) is 104. The lowest BCUT2D eigenvalue weighted by atomic mass is 9.89. The van der Waals surface area contributed by atoms with Crippen molar-refractivity contribution >= 4 is 115 Å². The van der Waals surface area contributed by atoms with E-state index in [9.17, 15) is 56.7 Å². The van der Waals surface area contributed by atoms with Crippen molar-refractivity contribution < 1.29 is 82.1 Å². The molecule has 1 aromatic heterocycles. The van der Waals surface area contributed by atoms with Crippen LogP contribution in [0, 0.1) is 54.1 Å². The number of amidine groups is 1. The zero-order valence-corrected chi connectivity index (χ0v) is 72.7. The molecule has 2 heterocycles. The number of hydroxylamine groups is 1. The summed E-state index contributed by atoms with van der Waals surface area (Å²) in [7, 11) is -3.53. The molecule has 1 unspecified atom stereocenters. The number of benzene rings is 2. The summed E-state index contributed by atoms with van der Waals surface area (Å²) in [6, 6.07) is 13.9. The summed E-state index contributed by atoms with van der Waals surface area (Å²) in [5, 5.41) is 55.6. The number of rotatable bonds is 8. The predicted octanol–water partition coefficient (Wildman–Crippen LogP) is 14.9. The Kier molecular flexibility index (Phi) is 51.6. The summed E-state index contributed by atoms with van der Waals surface area (Å²) in [6.07, 6.45) is 2.25. The maximum absolute atomic E-state index is 11.6. The number of aromatic nitrogens is 1. The third kappa shape index (κ3) is 58.1. The number of nitrogens with zero attached hydrogens (tertiary/aromatic N) is 2. The van der Waals surface area contributed by atoms with Gasteiger partial charge in [-0.15, -0.1) is 11.3 Å². The number of thiazole rings is 1. The molecule has 0 spiro atoms. The molecule has 105 heavy (non-hydrogen) atoms. The first-order valence-electron chi connectivity index (χ1n) is 34.0. The molecule has 0 bridgehead atoms. The fraction of sp³-hybridized carbons (Fsp3) is 0.671. The SMILES string of the molecule is CC(=O)C(C)(C)C.CC(C)(C)/C(N)=N/O.CC(C)(C)C(=O)C1CO1.CC(C)(C)C(=O)CO.CC(C)(C)C(=O)CS.CC(C)(C)C(=O)NO.CC(C)(C)C(=O)Nc1ccccc1N.CC(C)(C)C(=O)Nc1ccccc1O.CC(C)(C)C(=O)Nc1nccs1.CC(C)(C)S(=O)(=O)NO.CCC(=O)C(C)(C)C. The van der Waals surface area contributed by atoms with Gasteiger partial charge < -0.3 is 52.8 Å². The molecule has 1 aliphatic heterocycles. The molecule has 0 saturated carbocycles. The fourth-order valence-electron chi connectivity index (χ4n) is 4.52. The Bertz CT molecular complexity index is 3060. The Labute approximate surface area is 639 Å². The molecule has 4 rings (SSSR count). The number of ether oxygens (including phenoxy) is 1. The predicted molar refractivity (Wildman–Crippen MR) is 430 cm³/mol. The number of para-hydroxylation sites is 4. The first-order chi connectivity index (χ1) is 46.5. The van der Waals surface area contributed by atoms with Crippen molar-refractivity contribution in [3.8, 4) is 5.75 Å². The van der Waals surface area contributed by atoms with E-state index in [0.29, 0.717) is 46.8 Å². The van der Waals surface area contributed by atoms with Crippen LogP contribution in [0.5, 0.6) is 5.75 Å². The topological polar surface area (TPSA) is 439 Å². The fourth-order valence-corrected chi connectivity index (χ4v) is 5.79. The molecule has 1 fully saturated rings. The van der Waals surface area contributed by atoms with Gasteiger partial charge in [0.25, 0.3) is 0 Å². The van der Waals surface area contributed by atoms with E-state index in [4.69, 9.17) is 36.9 Å². The molecule has 1 aliphatic rings. The highest BCUT2D eigenvalue weighted by molar-refractivity contribution is 7.90. The number of sulfonamides is 1. The normalized spacial score (nSPS) is 12.9. The number of ketones is 5. The third-order valence-corrected chi connectivity index (χ3v) is 16.0. The highest BCUT2D eigenvalue weighted by Gasteiger charge is 2.38. The molecule has 608 valence electrons. The van der Waals surface area contributed by atoms with Gasteiger partial charge in [0.2, 0.25) is 33.7 Å². The smallest absolute Gasteiger partial charge is 0.248 e. The Morgan fingerprint density at radius 1 is 0.552 bits per heavy atom. The van der Waals surface area contributed by atoms with Crippen molar-refractivity contribution in [2.75, 3.05) is 40.7 Å². The number of aromatic hydroxyl groups is 1. The number of amides is 4. The Morgan fingerprint density at radius 3 is 1.08 bits per heavy atom. The van der Waals surface area contributed by atoms with Crippen LogP contribution >= 0.6 is 24.0 Å². The van der Waals surface area contributed by atoms with E-state index in [-0.39, 0.29) is 109 Å². The van der Waals surface area contributed by atoms with Crippen molar-refractivity contribution in [3.63, 3.8) is 0 Å². The number of nitrogen functional groups attached to an aromatic ring is 1. The van der Waals surface area contributed by atoms with Gasteiger partial charge in [0, 0.05) is 77.9 Å². The van der Waals surface area contributed by atoms with Crippen LogP contribution in [0.2, 0.25) is 0 Å².